The monoisotopic (exact) mass is 352 g/mol. The molecule has 1 atom stereocenters. The van der Waals surface area contributed by atoms with Crippen molar-refractivity contribution < 1.29 is 19.1 Å². The lowest BCUT2D eigenvalue weighted by Crippen LogP contribution is -2.39. The number of nitrogens with one attached hydrogen (secondary N) is 2. The minimum Gasteiger partial charge on any atom is -0.448 e. The van der Waals surface area contributed by atoms with Crippen molar-refractivity contribution in [3.8, 4) is 0 Å². The highest BCUT2D eigenvalue weighted by atomic mass is 35.5. The van der Waals surface area contributed by atoms with Gasteiger partial charge in [-0.15, -0.1) is 0 Å². The molecule has 1 unspecified atom stereocenters. The molecule has 1 aromatic heterocycles. The number of ether oxygens (including phenoxy) is 1. The number of hydrogen-bond acceptors (Lipinski definition) is 5. The lowest BCUT2D eigenvalue weighted by molar-refractivity contribution is -0.119. The van der Waals surface area contributed by atoms with Crippen LogP contribution in [0.1, 0.15) is 28.8 Å². The number of pyridine rings is 1. The van der Waals surface area contributed by atoms with Gasteiger partial charge in [0.1, 0.15) is 11.8 Å². The Kier molecular flexibility index (Phi) is 4.84. The fourth-order valence-corrected chi connectivity index (χ4v) is 2.94. The normalized spacial score (nSPS) is 19.2. The summed E-state index contributed by atoms with van der Waals surface area (Å²) in [5.74, 6) is -0.149. The van der Waals surface area contributed by atoms with Crippen LogP contribution in [0.3, 0.4) is 0 Å². The van der Waals surface area contributed by atoms with Crippen molar-refractivity contribution in [1.82, 2.24) is 20.5 Å². The largest absolute Gasteiger partial charge is 0.448 e. The van der Waals surface area contributed by atoms with Crippen LogP contribution in [-0.4, -0.2) is 53.5 Å². The molecule has 0 aliphatic carbocycles. The molecule has 0 bridgehead atoms. The third-order valence-electron chi connectivity index (χ3n) is 4.01. The summed E-state index contributed by atoms with van der Waals surface area (Å²) in [5.41, 5.74) is 1.35. The molecule has 0 saturated carbocycles. The number of fused-ring (bicyclic) bond motifs is 1. The second kappa shape index (κ2) is 7.04. The lowest BCUT2D eigenvalue weighted by Gasteiger charge is -2.16. The van der Waals surface area contributed by atoms with Crippen LogP contribution in [0, 0.1) is 0 Å². The average molecular weight is 353 g/mol. The third kappa shape index (κ3) is 3.76. The Labute approximate surface area is 143 Å². The zero-order valence-corrected chi connectivity index (χ0v) is 13.6. The predicted octanol–water partition coefficient (Wildman–Crippen LogP) is 0.696. The van der Waals surface area contributed by atoms with Gasteiger partial charge in [0.2, 0.25) is 5.91 Å². The molecule has 1 aromatic rings. The summed E-state index contributed by atoms with van der Waals surface area (Å²) in [6.07, 6.45) is 2.09. The molecule has 2 aliphatic rings. The Morgan fingerprint density at radius 3 is 3.08 bits per heavy atom. The molecule has 24 heavy (non-hydrogen) atoms. The number of aromatic nitrogens is 1. The molecule has 2 aliphatic heterocycles. The van der Waals surface area contributed by atoms with E-state index >= 15 is 0 Å². The summed E-state index contributed by atoms with van der Waals surface area (Å²) in [6, 6.07) is 1.62. The quantitative estimate of drug-likeness (QED) is 0.759. The maximum Gasteiger partial charge on any atom is 0.407 e. The summed E-state index contributed by atoms with van der Waals surface area (Å²) in [5, 5.41) is 5.70. The number of amides is 3. The SMILES string of the molecule is O=C1CCC(CNC(=O)OCCN2Cc3cc(Cl)ncc3C2=O)N1. The van der Waals surface area contributed by atoms with Crippen LogP contribution in [-0.2, 0) is 16.1 Å². The molecule has 0 spiro atoms. The molecule has 128 valence electrons. The van der Waals surface area contributed by atoms with Crippen molar-refractivity contribution in [2.75, 3.05) is 19.7 Å². The number of carbonyl (C=O) groups excluding carboxylic acids is 3. The van der Waals surface area contributed by atoms with Crippen molar-refractivity contribution in [1.29, 1.82) is 0 Å². The average Bonchev–Trinajstić information content (AvgIpc) is 3.09. The Morgan fingerprint density at radius 2 is 2.33 bits per heavy atom. The summed E-state index contributed by atoms with van der Waals surface area (Å²) in [7, 11) is 0. The van der Waals surface area contributed by atoms with Crippen molar-refractivity contribution in [3.63, 3.8) is 0 Å². The van der Waals surface area contributed by atoms with Crippen LogP contribution in [0.2, 0.25) is 5.15 Å². The Hall–Kier alpha value is -2.35. The van der Waals surface area contributed by atoms with E-state index in [1.807, 2.05) is 0 Å². The van der Waals surface area contributed by atoms with Gasteiger partial charge in [0, 0.05) is 31.7 Å². The van der Waals surface area contributed by atoms with Gasteiger partial charge in [-0.3, -0.25) is 9.59 Å². The fraction of sp³-hybridized carbons (Fsp3) is 0.467. The van der Waals surface area contributed by atoms with Crippen molar-refractivity contribution in [2.45, 2.75) is 25.4 Å². The second-order valence-electron chi connectivity index (χ2n) is 5.71. The number of alkyl carbamates (subject to hydrolysis) is 1. The molecule has 1 saturated heterocycles. The van der Waals surface area contributed by atoms with Crippen LogP contribution in [0.25, 0.3) is 0 Å². The van der Waals surface area contributed by atoms with Gasteiger partial charge in [0.25, 0.3) is 5.91 Å². The van der Waals surface area contributed by atoms with E-state index in [9.17, 15) is 14.4 Å². The molecular formula is C15H17ClN4O4. The van der Waals surface area contributed by atoms with E-state index in [0.717, 1.165) is 5.56 Å². The molecule has 1 fully saturated rings. The summed E-state index contributed by atoms with van der Waals surface area (Å²) >= 11 is 5.82. The van der Waals surface area contributed by atoms with E-state index in [4.69, 9.17) is 16.3 Å². The summed E-state index contributed by atoms with van der Waals surface area (Å²) < 4.78 is 5.06. The first kappa shape index (κ1) is 16.5. The van der Waals surface area contributed by atoms with Gasteiger partial charge in [-0.1, -0.05) is 11.6 Å². The maximum atomic E-state index is 12.2. The van der Waals surface area contributed by atoms with Crippen LogP contribution in [0.5, 0.6) is 0 Å². The van der Waals surface area contributed by atoms with E-state index in [1.54, 1.807) is 11.0 Å². The van der Waals surface area contributed by atoms with Gasteiger partial charge in [0.15, 0.2) is 0 Å². The van der Waals surface area contributed by atoms with Gasteiger partial charge < -0.3 is 20.3 Å². The fourth-order valence-electron chi connectivity index (χ4n) is 2.76. The topological polar surface area (TPSA) is 101 Å². The highest BCUT2D eigenvalue weighted by Gasteiger charge is 2.28. The number of rotatable bonds is 5. The maximum absolute atomic E-state index is 12.2. The highest BCUT2D eigenvalue weighted by Crippen LogP contribution is 2.23. The highest BCUT2D eigenvalue weighted by molar-refractivity contribution is 6.29. The molecule has 8 nitrogen and oxygen atoms in total. The lowest BCUT2D eigenvalue weighted by atomic mass is 10.2. The van der Waals surface area contributed by atoms with E-state index < -0.39 is 6.09 Å². The van der Waals surface area contributed by atoms with Crippen LogP contribution in [0.15, 0.2) is 12.3 Å². The molecule has 3 rings (SSSR count). The minimum absolute atomic E-state index is 0.00290. The molecule has 2 N–H and O–H groups in total. The summed E-state index contributed by atoms with van der Waals surface area (Å²) in [6.45, 7) is 1.14. The van der Waals surface area contributed by atoms with E-state index in [2.05, 4.69) is 15.6 Å². The van der Waals surface area contributed by atoms with Crippen LogP contribution < -0.4 is 10.6 Å². The van der Waals surface area contributed by atoms with Gasteiger partial charge in [-0.05, 0) is 18.1 Å². The van der Waals surface area contributed by atoms with Crippen molar-refractivity contribution in [3.05, 3.63) is 28.5 Å². The number of halogens is 1. The molecule has 9 heteroatoms. The molecule has 0 aromatic carbocycles. The van der Waals surface area contributed by atoms with Gasteiger partial charge in [-0.2, -0.15) is 0 Å². The number of nitrogens with zero attached hydrogens (tertiary/aromatic N) is 2. The van der Waals surface area contributed by atoms with Crippen LogP contribution in [0.4, 0.5) is 4.79 Å². The summed E-state index contributed by atoms with van der Waals surface area (Å²) in [4.78, 5) is 40.3. The molecule has 3 heterocycles. The second-order valence-corrected chi connectivity index (χ2v) is 6.10. The Bertz CT molecular complexity index is 681. The van der Waals surface area contributed by atoms with Gasteiger partial charge in [-0.25, -0.2) is 9.78 Å². The first-order chi connectivity index (χ1) is 11.5. The Morgan fingerprint density at radius 1 is 1.50 bits per heavy atom. The first-order valence-corrected chi connectivity index (χ1v) is 8.04. The smallest absolute Gasteiger partial charge is 0.407 e. The third-order valence-corrected chi connectivity index (χ3v) is 4.21. The number of hydrogen-bond donors (Lipinski definition) is 2. The van der Waals surface area contributed by atoms with Crippen LogP contribution >= 0.6 is 11.6 Å². The van der Waals surface area contributed by atoms with Crippen molar-refractivity contribution >= 4 is 29.5 Å². The molecule has 0 radical (unpaired) electrons. The van der Waals surface area contributed by atoms with E-state index in [-0.39, 0.29) is 24.5 Å². The zero-order valence-electron chi connectivity index (χ0n) is 12.9. The zero-order chi connectivity index (χ0) is 17.1. The standard InChI is InChI=1S/C15H17ClN4O4/c16-12-5-9-8-20(14(22)11(9)7-17-12)3-4-24-15(23)18-6-10-1-2-13(21)19-10/h5,7,10H,1-4,6,8H2,(H,18,23)(H,19,21). The van der Waals surface area contributed by atoms with E-state index in [1.165, 1.54) is 6.20 Å². The van der Waals surface area contributed by atoms with Crippen molar-refractivity contribution in [2.24, 2.45) is 0 Å². The van der Waals surface area contributed by atoms with E-state index in [0.29, 0.717) is 43.2 Å². The molecular weight excluding hydrogens is 336 g/mol. The van der Waals surface area contributed by atoms with Gasteiger partial charge >= 0.3 is 6.09 Å². The predicted molar refractivity (Wildman–Crippen MR) is 84.5 cm³/mol. The minimum atomic E-state index is -0.565. The van der Waals surface area contributed by atoms with Gasteiger partial charge in [0.05, 0.1) is 12.1 Å². The Balaban J connectivity index is 1.38. The first-order valence-electron chi connectivity index (χ1n) is 7.66. The molecule has 3 amide bonds. The number of carbonyl (C=O) groups is 3.